The molecule has 1 heterocycles. The Morgan fingerprint density at radius 2 is 1.90 bits per heavy atom. The van der Waals surface area contributed by atoms with Crippen molar-refractivity contribution in [3.8, 4) is 0 Å². The Kier molecular flexibility index (Phi) is 5.80. The quantitative estimate of drug-likeness (QED) is 0.657. The molecule has 0 spiro atoms. The van der Waals surface area contributed by atoms with E-state index in [4.69, 9.17) is 0 Å². The van der Waals surface area contributed by atoms with E-state index in [1.165, 1.54) is 0 Å². The lowest BCUT2D eigenvalue weighted by molar-refractivity contribution is -0.133. The van der Waals surface area contributed by atoms with Crippen molar-refractivity contribution in [1.82, 2.24) is 10.2 Å². The number of rotatable bonds is 5. The molecule has 7 heteroatoms. The van der Waals surface area contributed by atoms with Crippen molar-refractivity contribution >= 4 is 39.5 Å². The maximum atomic E-state index is 13.0. The first-order valence-electron chi connectivity index (χ1n) is 9.43. The molecule has 0 unspecified atom stereocenters. The Balaban J connectivity index is 1.80. The molecule has 29 heavy (non-hydrogen) atoms. The molecule has 0 aliphatic carbocycles. The van der Waals surface area contributed by atoms with Gasteiger partial charge in [0.15, 0.2) is 0 Å². The normalized spacial score (nSPS) is 18.9. The molecule has 1 saturated heterocycles. The number of amides is 4. The van der Waals surface area contributed by atoms with Gasteiger partial charge in [0.2, 0.25) is 5.91 Å². The standard InChI is InChI=1S/C22H24BrN3O3/c1-13(2)17-10-5-7-14(3)19(17)24-18(27)12-26-20(28)22(4,25-21(26)29)15-8-6-9-16(23)11-15/h5-11,13H,12H2,1-4H3,(H,24,27)(H,25,29)/t22-/m1/s1. The number of halogens is 1. The van der Waals surface area contributed by atoms with Crippen LogP contribution in [0, 0.1) is 6.92 Å². The second-order valence-electron chi connectivity index (χ2n) is 7.70. The van der Waals surface area contributed by atoms with Gasteiger partial charge in [0, 0.05) is 10.2 Å². The molecule has 2 aromatic rings. The molecule has 0 aromatic heterocycles. The van der Waals surface area contributed by atoms with Gasteiger partial charge in [-0.1, -0.05) is 60.1 Å². The van der Waals surface area contributed by atoms with Crippen LogP contribution >= 0.6 is 15.9 Å². The summed E-state index contributed by atoms with van der Waals surface area (Å²) in [6.45, 7) is 7.31. The van der Waals surface area contributed by atoms with Gasteiger partial charge in [-0.2, -0.15) is 0 Å². The number of imide groups is 1. The molecule has 4 amide bonds. The zero-order valence-electron chi connectivity index (χ0n) is 16.9. The average Bonchev–Trinajstić information content (AvgIpc) is 2.87. The monoisotopic (exact) mass is 457 g/mol. The van der Waals surface area contributed by atoms with E-state index in [-0.39, 0.29) is 12.5 Å². The lowest BCUT2D eigenvalue weighted by Gasteiger charge is -2.22. The summed E-state index contributed by atoms with van der Waals surface area (Å²) in [6, 6.07) is 12.4. The van der Waals surface area contributed by atoms with Gasteiger partial charge in [-0.25, -0.2) is 4.79 Å². The third-order valence-corrected chi connectivity index (χ3v) is 5.66. The van der Waals surface area contributed by atoms with Crippen molar-refractivity contribution < 1.29 is 14.4 Å². The number of aryl methyl sites for hydroxylation is 1. The predicted molar refractivity (Wildman–Crippen MR) is 116 cm³/mol. The number of carbonyl (C=O) groups is 3. The molecule has 0 saturated carbocycles. The Labute approximate surface area is 178 Å². The number of hydrogen-bond donors (Lipinski definition) is 2. The lowest BCUT2D eigenvalue weighted by atomic mass is 9.92. The number of nitrogens with zero attached hydrogens (tertiary/aromatic N) is 1. The van der Waals surface area contributed by atoms with Crippen molar-refractivity contribution in [3.63, 3.8) is 0 Å². The van der Waals surface area contributed by atoms with Crippen molar-refractivity contribution in [2.45, 2.75) is 39.2 Å². The third kappa shape index (κ3) is 4.05. The zero-order chi connectivity index (χ0) is 21.3. The molecule has 1 aliphatic rings. The van der Waals surface area contributed by atoms with Crippen LogP contribution in [0.1, 0.15) is 43.4 Å². The third-order valence-electron chi connectivity index (χ3n) is 5.17. The molecule has 152 valence electrons. The van der Waals surface area contributed by atoms with Crippen LogP contribution < -0.4 is 10.6 Å². The first kappa shape index (κ1) is 21.0. The fraction of sp³-hybridized carbons (Fsp3) is 0.318. The van der Waals surface area contributed by atoms with Gasteiger partial charge in [0.05, 0.1) is 0 Å². The minimum atomic E-state index is -1.22. The predicted octanol–water partition coefficient (Wildman–Crippen LogP) is 4.29. The van der Waals surface area contributed by atoms with E-state index in [0.717, 1.165) is 26.2 Å². The molecule has 3 rings (SSSR count). The molecule has 6 nitrogen and oxygen atoms in total. The fourth-order valence-corrected chi connectivity index (χ4v) is 3.90. The van der Waals surface area contributed by atoms with Gasteiger partial charge in [-0.3, -0.25) is 14.5 Å². The molecular formula is C22H24BrN3O3. The highest BCUT2D eigenvalue weighted by atomic mass is 79.9. The van der Waals surface area contributed by atoms with Crippen LogP contribution in [0.5, 0.6) is 0 Å². The van der Waals surface area contributed by atoms with E-state index in [0.29, 0.717) is 5.56 Å². The smallest absolute Gasteiger partial charge is 0.324 e. The summed E-state index contributed by atoms with van der Waals surface area (Å²) in [4.78, 5) is 39.2. The highest BCUT2D eigenvalue weighted by Gasteiger charge is 2.49. The Morgan fingerprint density at radius 1 is 1.21 bits per heavy atom. The summed E-state index contributed by atoms with van der Waals surface area (Å²) in [6.07, 6.45) is 0. The minimum absolute atomic E-state index is 0.224. The summed E-state index contributed by atoms with van der Waals surface area (Å²) in [5, 5.41) is 5.60. The van der Waals surface area contributed by atoms with Crippen LogP contribution in [-0.2, 0) is 15.1 Å². The molecule has 1 aliphatic heterocycles. The van der Waals surface area contributed by atoms with Crippen LogP contribution in [0.3, 0.4) is 0 Å². The number of carbonyl (C=O) groups excluding carboxylic acids is 3. The van der Waals surface area contributed by atoms with Crippen LogP contribution in [0.2, 0.25) is 0 Å². The van der Waals surface area contributed by atoms with E-state index >= 15 is 0 Å². The SMILES string of the molecule is Cc1cccc(C(C)C)c1NC(=O)CN1C(=O)N[C@](C)(c2cccc(Br)c2)C1=O. The summed E-state index contributed by atoms with van der Waals surface area (Å²) in [7, 11) is 0. The highest BCUT2D eigenvalue weighted by molar-refractivity contribution is 9.10. The minimum Gasteiger partial charge on any atom is -0.324 e. The summed E-state index contributed by atoms with van der Waals surface area (Å²) >= 11 is 3.38. The second-order valence-corrected chi connectivity index (χ2v) is 8.61. The Morgan fingerprint density at radius 3 is 2.55 bits per heavy atom. The first-order valence-corrected chi connectivity index (χ1v) is 10.2. The van der Waals surface area contributed by atoms with Gasteiger partial charge in [0.25, 0.3) is 5.91 Å². The molecule has 0 bridgehead atoms. The maximum Gasteiger partial charge on any atom is 0.325 e. The molecular weight excluding hydrogens is 434 g/mol. The van der Waals surface area contributed by atoms with Gasteiger partial charge < -0.3 is 10.6 Å². The van der Waals surface area contributed by atoms with Gasteiger partial charge in [-0.05, 0) is 48.6 Å². The van der Waals surface area contributed by atoms with Crippen LogP contribution in [-0.4, -0.2) is 29.3 Å². The summed E-state index contributed by atoms with van der Waals surface area (Å²) in [5.74, 6) is -0.644. The maximum absolute atomic E-state index is 13.0. The summed E-state index contributed by atoms with van der Waals surface area (Å²) < 4.78 is 0.801. The molecule has 1 atom stereocenters. The highest BCUT2D eigenvalue weighted by Crippen LogP contribution is 2.31. The molecule has 2 N–H and O–H groups in total. The lowest BCUT2D eigenvalue weighted by Crippen LogP contribution is -2.42. The molecule has 0 radical (unpaired) electrons. The van der Waals surface area contributed by atoms with Crippen molar-refractivity contribution in [2.24, 2.45) is 0 Å². The number of benzene rings is 2. The second kappa shape index (κ2) is 7.99. The number of nitrogens with one attached hydrogen (secondary N) is 2. The van der Waals surface area contributed by atoms with E-state index in [1.807, 2.05) is 45.0 Å². The Bertz CT molecular complexity index is 989. The van der Waals surface area contributed by atoms with Gasteiger partial charge >= 0.3 is 6.03 Å². The molecule has 2 aromatic carbocycles. The van der Waals surface area contributed by atoms with Crippen molar-refractivity contribution in [1.29, 1.82) is 0 Å². The molecule has 1 fully saturated rings. The van der Waals surface area contributed by atoms with Crippen molar-refractivity contribution in [2.75, 3.05) is 11.9 Å². The fourth-order valence-electron chi connectivity index (χ4n) is 3.50. The van der Waals surface area contributed by atoms with Crippen LogP contribution in [0.4, 0.5) is 10.5 Å². The van der Waals surface area contributed by atoms with E-state index in [1.54, 1.807) is 25.1 Å². The number of para-hydroxylation sites is 1. The van der Waals surface area contributed by atoms with Gasteiger partial charge in [-0.15, -0.1) is 0 Å². The largest absolute Gasteiger partial charge is 0.325 e. The zero-order valence-corrected chi connectivity index (χ0v) is 18.5. The van der Waals surface area contributed by atoms with Crippen molar-refractivity contribution in [3.05, 3.63) is 63.6 Å². The average molecular weight is 458 g/mol. The van der Waals surface area contributed by atoms with E-state index in [9.17, 15) is 14.4 Å². The number of urea groups is 1. The van der Waals surface area contributed by atoms with E-state index < -0.39 is 23.4 Å². The van der Waals surface area contributed by atoms with Crippen LogP contribution in [0.15, 0.2) is 46.9 Å². The first-order chi connectivity index (χ1) is 13.6. The Hall–Kier alpha value is -2.67. The number of anilines is 1. The topological polar surface area (TPSA) is 78.5 Å². The number of hydrogen-bond acceptors (Lipinski definition) is 3. The van der Waals surface area contributed by atoms with Crippen LogP contribution in [0.25, 0.3) is 0 Å². The van der Waals surface area contributed by atoms with Gasteiger partial charge in [0.1, 0.15) is 12.1 Å². The van der Waals surface area contributed by atoms with E-state index in [2.05, 4.69) is 26.6 Å². The summed E-state index contributed by atoms with van der Waals surface area (Å²) in [5.41, 5.74) is 2.10.